The second-order valence-corrected chi connectivity index (χ2v) is 1.95. The molecule has 0 bridgehead atoms. The van der Waals surface area contributed by atoms with E-state index in [1.54, 1.807) is 7.05 Å². The van der Waals surface area contributed by atoms with Crippen LogP contribution in [0.15, 0.2) is 17.0 Å². The fourth-order valence-corrected chi connectivity index (χ4v) is 0.559. The van der Waals surface area contributed by atoms with Gasteiger partial charge in [0.1, 0.15) is 0 Å². The van der Waals surface area contributed by atoms with Crippen LogP contribution in [0.25, 0.3) is 0 Å². The van der Waals surface area contributed by atoms with Crippen molar-refractivity contribution >= 4 is 12.6 Å². The Labute approximate surface area is 70.9 Å². The van der Waals surface area contributed by atoms with Crippen LogP contribution in [0.3, 0.4) is 0 Å². The van der Waals surface area contributed by atoms with Gasteiger partial charge in [-0.3, -0.25) is 15.6 Å². The van der Waals surface area contributed by atoms with Crippen LogP contribution < -0.4 is 22.0 Å². The smallest absolute Gasteiger partial charge is 0.239 e. The normalized spacial score (nSPS) is 10.3. The van der Waals surface area contributed by atoms with E-state index in [0.29, 0.717) is 5.70 Å². The molecule has 0 aliphatic heterocycles. The SMILES string of the molecule is C=NN/C=C(/CC(=O)NN)NC. The van der Waals surface area contributed by atoms with E-state index in [4.69, 9.17) is 5.84 Å². The summed E-state index contributed by atoms with van der Waals surface area (Å²) in [5.74, 6) is 4.62. The highest BCUT2D eigenvalue weighted by molar-refractivity contribution is 5.77. The summed E-state index contributed by atoms with van der Waals surface area (Å²) < 4.78 is 0. The quantitative estimate of drug-likeness (QED) is 0.178. The minimum absolute atomic E-state index is 0.176. The van der Waals surface area contributed by atoms with Crippen molar-refractivity contribution in [1.29, 1.82) is 0 Å². The van der Waals surface area contributed by atoms with Crippen molar-refractivity contribution in [3.8, 4) is 0 Å². The molecule has 0 heterocycles. The van der Waals surface area contributed by atoms with E-state index < -0.39 is 0 Å². The predicted molar refractivity (Wildman–Crippen MR) is 46.8 cm³/mol. The lowest BCUT2D eigenvalue weighted by Gasteiger charge is -2.04. The molecule has 0 aromatic carbocycles. The highest BCUT2D eigenvalue weighted by Gasteiger charge is 2.01. The highest BCUT2D eigenvalue weighted by atomic mass is 16.2. The summed E-state index contributed by atoms with van der Waals surface area (Å²) in [5.41, 5.74) is 5.18. The molecule has 5 N–H and O–H groups in total. The van der Waals surface area contributed by atoms with Crippen molar-refractivity contribution in [2.24, 2.45) is 10.9 Å². The van der Waals surface area contributed by atoms with Crippen LogP contribution in [-0.4, -0.2) is 19.7 Å². The third-order valence-electron chi connectivity index (χ3n) is 1.16. The fraction of sp³-hybridized carbons (Fsp3) is 0.333. The first-order chi connectivity index (χ1) is 5.74. The predicted octanol–water partition coefficient (Wildman–Crippen LogP) is -1.37. The zero-order valence-corrected chi connectivity index (χ0v) is 6.92. The lowest BCUT2D eigenvalue weighted by Crippen LogP contribution is -2.31. The molecule has 0 aromatic rings. The molecule has 0 rings (SSSR count). The van der Waals surface area contributed by atoms with Crippen molar-refractivity contribution in [3.05, 3.63) is 11.9 Å². The number of hydrazone groups is 1. The maximum Gasteiger partial charge on any atom is 0.239 e. The van der Waals surface area contributed by atoms with Gasteiger partial charge in [-0.2, -0.15) is 5.10 Å². The van der Waals surface area contributed by atoms with Crippen LogP contribution in [0, 0.1) is 0 Å². The number of hydrogen-bond donors (Lipinski definition) is 4. The Hall–Kier alpha value is -1.56. The van der Waals surface area contributed by atoms with Crippen molar-refractivity contribution in [3.63, 3.8) is 0 Å². The third-order valence-corrected chi connectivity index (χ3v) is 1.16. The van der Waals surface area contributed by atoms with Gasteiger partial charge in [0.15, 0.2) is 0 Å². The van der Waals surface area contributed by atoms with Gasteiger partial charge in [0.2, 0.25) is 5.91 Å². The molecule has 0 aliphatic carbocycles. The summed E-state index contributed by atoms with van der Waals surface area (Å²) >= 11 is 0. The minimum atomic E-state index is -0.276. The molecule has 6 heteroatoms. The molecular weight excluding hydrogens is 158 g/mol. The third kappa shape index (κ3) is 4.29. The molecule has 0 aliphatic rings. The van der Waals surface area contributed by atoms with Crippen molar-refractivity contribution < 1.29 is 4.79 Å². The molecule has 0 unspecified atom stereocenters. The lowest BCUT2D eigenvalue weighted by atomic mass is 10.3. The van der Waals surface area contributed by atoms with Crippen molar-refractivity contribution in [1.82, 2.24) is 16.2 Å². The van der Waals surface area contributed by atoms with E-state index in [9.17, 15) is 4.79 Å². The molecule has 68 valence electrons. The summed E-state index contributed by atoms with van der Waals surface area (Å²) in [6.07, 6.45) is 1.71. The molecule has 12 heavy (non-hydrogen) atoms. The highest BCUT2D eigenvalue weighted by Crippen LogP contribution is 1.92. The monoisotopic (exact) mass is 171 g/mol. The maximum absolute atomic E-state index is 10.8. The van der Waals surface area contributed by atoms with Gasteiger partial charge in [0, 0.05) is 25.7 Å². The number of hydrogen-bond acceptors (Lipinski definition) is 5. The summed E-state index contributed by atoms with van der Waals surface area (Å²) in [7, 11) is 1.69. The van der Waals surface area contributed by atoms with Gasteiger partial charge in [-0.05, 0) is 0 Å². The van der Waals surface area contributed by atoms with E-state index in [0.717, 1.165) is 0 Å². The molecule has 0 aromatic heterocycles. The second-order valence-electron chi connectivity index (χ2n) is 1.95. The first-order valence-electron chi connectivity index (χ1n) is 3.32. The van der Waals surface area contributed by atoms with E-state index in [2.05, 4.69) is 22.6 Å². The Morgan fingerprint density at radius 3 is 2.83 bits per heavy atom. The Morgan fingerprint density at radius 1 is 1.75 bits per heavy atom. The largest absolute Gasteiger partial charge is 0.390 e. The molecular formula is C6H13N5O. The average Bonchev–Trinajstić information content (AvgIpc) is 2.11. The molecule has 0 spiro atoms. The van der Waals surface area contributed by atoms with Gasteiger partial charge in [0.25, 0.3) is 0 Å². The number of hydrazine groups is 1. The van der Waals surface area contributed by atoms with Crippen molar-refractivity contribution in [2.75, 3.05) is 7.05 Å². The number of amides is 1. The first kappa shape index (κ1) is 10.4. The number of carbonyl (C=O) groups is 1. The zero-order valence-electron chi connectivity index (χ0n) is 6.92. The summed E-state index contributed by atoms with van der Waals surface area (Å²) in [6.45, 7) is 3.21. The van der Waals surface area contributed by atoms with Crippen molar-refractivity contribution in [2.45, 2.75) is 6.42 Å². The average molecular weight is 171 g/mol. The van der Waals surface area contributed by atoms with Gasteiger partial charge >= 0.3 is 0 Å². The molecule has 0 radical (unpaired) electrons. The first-order valence-corrected chi connectivity index (χ1v) is 3.32. The van der Waals surface area contributed by atoms with E-state index in [1.165, 1.54) is 6.20 Å². The summed E-state index contributed by atoms with van der Waals surface area (Å²) in [4.78, 5) is 10.8. The minimum Gasteiger partial charge on any atom is -0.390 e. The Morgan fingerprint density at radius 2 is 2.42 bits per heavy atom. The molecule has 1 amide bonds. The van der Waals surface area contributed by atoms with E-state index >= 15 is 0 Å². The molecule has 0 atom stereocenters. The van der Waals surface area contributed by atoms with Gasteiger partial charge in [0.05, 0.1) is 6.42 Å². The second kappa shape index (κ2) is 6.17. The molecule has 0 saturated carbocycles. The number of nitrogens with zero attached hydrogens (tertiary/aromatic N) is 1. The standard InChI is InChI=1S/C6H13N5O/c1-8-5(4-10-9-2)3-6(12)11-7/h4,8,10H,2-3,7H2,1H3,(H,11,12)/b5-4-. The fourth-order valence-electron chi connectivity index (χ4n) is 0.559. The maximum atomic E-state index is 10.8. The van der Waals surface area contributed by atoms with Crippen LogP contribution >= 0.6 is 0 Å². The molecule has 0 fully saturated rings. The summed E-state index contributed by atoms with van der Waals surface area (Å²) in [6, 6.07) is 0. The van der Waals surface area contributed by atoms with Gasteiger partial charge < -0.3 is 5.32 Å². The lowest BCUT2D eigenvalue weighted by molar-refractivity contribution is -0.120. The molecule has 6 nitrogen and oxygen atoms in total. The number of nitrogens with two attached hydrogens (primary N) is 1. The van der Waals surface area contributed by atoms with E-state index in [1.807, 2.05) is 5.43 Å². The van der Waals surface area contributed by atoms with Crippen LogP contribution in [0.5, 0.6) is 0 Å². The van der Waals surface area contributed by atoms with Gasteiger partial charge in [-0.25, -0.2) is 5.84 Å². The number of nitrogens with one attached hydrogen (secondary N) is 3. The summed E-state index contributed by atoms with van der Waals surface area (Å²) in [5, 5.41) is 6.17. The Balaban J connectivity index is 3.97. The van der Waals surface area contributed by atoms with Gasteiger partial charge in [-0.15, -0.1) is 0 Å². The van der Waals surface area contributed by atoms with Gasteiger partial charge in [-0.1, -0.05) is 0 Å². The Kier molecular flexibility index (Phi) is 5.37. The zero-order chi connectivity index (χ0) is 9.40. The van der Waals surface area contributed by atoms with Crippen LogP contribution in [0.2, 0.25) is 0 Å². The van der Waals surface area contributed by atoms with Crippen LogP contribution in [0.4, 0.5) is 0 Å². The van der Waals surface area contributed by atoms with Crippen LogP contribution in [0.1, 0.15) is 6.42 Å². The number of rotatable bonds is 5. The van der Waals surface area contributed by atoms with E-state index in [-0.39, 0.29) is 12.3 Å². The topological polar surface area (TPSA) is 91.5 Å². The number of carbonyl (C=O) groups excluding carboxylic acids is 1. The Bertz CT molecular complexity index is 188. The molecule has 0 saturated heterocycles. The van der Waals surface area contributed by atoms with Crippen LogP contribution in [-0.2, 0) is 4.79 Å².